The number of aromatic nitrogens is 1. The Morgan fingerprint density at radius 2 is 2.19 bits per heavy atom. The lowest BCUT2D eigenvalue weighted by molar-refractivity contribution is 0.186. The van der Waals surface area contributed by atoms with Crippen LogP contribution < -0.4 is 9.64 Å². The molecule has 1 aromatic heterocycles. The minimum absolute atomic E-state index is 0.270. The molecule has 2 aromatic rings. The van der Waals surface area contributed by atoms with E-state index in [1.54, 1.807) is 12.3 Å². The van der Waals surface area contributed by atoms with Crippen LogP contribution in [0.15, 0.2) is 47.1 Å². The number of fused-ring (bicyclic) bond motifs is 1. The van der Waals surface area contributed by atoms with Crippen LogP contribution in [-0.2, 0) is 6.42 Å². The van der Waals surface area contributed by atoms with Gasteiger partial charge in [0, 0.05) is 10.7 Å². The molecule has 5 nitrogen and oxygen atoms in total. The third kappa shape index (κ3) is 2.85. The number of hydrogen-bond acceptors (Lipinski definition) is 3. The zero-order valence-corrected chi connectivity index (χ0v) is 12.7. The molecule has 21 heavy (non-hydrogen) atoms. The lowest BCUT2D eigenvalue weighted by Gasteiger charge is -2.34. The number of benzene rings is 1. The molecule has 0 saturated heterocycles. The molecule has 1 N–H and O–H groups in total. The van der Waals surface area contributed by atoms with Gasteiger partial charge in [0.1, 0.15) is 12.3 Å². The summed E-state index contributed by atoms with van der Waals surface area (Å²) in [6, 6.07) is 11.2. The average molecular weight is 349 g/mol. The van der Waals surface area contributed by atoms with Crippen molar-refractivity contribution in [1.29, 1.82) is 0 Å². The van der Waals surface area contributed by atoms with Crippen molar-refractivity contribution < 1.29 is 14.6 Å². The predicted octanol–water partition coefficient (Wildman–Crippen LogP) is 3.33. The molecule has 1 aliphatic rings. The van der Waals surface area contributed by atoms with Crippen molar-refractivity contribution >= 4 is 27.7 Å². The highest BCUT2D eigenvalue weighted by atomic mass is 79.9. The third-order valence-electron chi connectivity index (χ3n) is 3.36. The molecule has 1 unspecified atom stereocenters. The van der Waals surface area contributed by atoms with Gasteiger partial charge in [0.25, 0.3) is 0 Å². The second-order valence-corrected chi connectivity index (χ2v) is 5.70. The van der Waals surface area contributed by atoms with Crippen molar-refractivity contribution in [3.05, 3.63) is 52.6 Å². The average Bonchev–Trinajstić information content (AvgIpc) is 2.47. The van der Waals surface area contributed by atoms with Crippen molar-refractivity contribution in [3.63, 3.8) is 0 Å². The molecule has 0 aliphatic carbocycles. The van der Waals surface area contributed by atoms with Gasteiger partial charge in [0.15, 0.2) is 0 Å². The lowest BCUT2D eigenvalue weighted by Crippen LogP contribution is -2.47. The Hall–Kier alpha value is -2.08. The smallest absolute Gasteiger partial charge is 0.412 e. The Balaban J connectivity index is 1.94. The molecule has 3 rings (SSSR count). The summed E-state index contributed by atoms with van der Waals surface area (Å²) in [5.74, 6) is 0.352. The van der Waals surface area contributed by atoms with Gasteiger partial charge < -0.3 is 9.84 Å². The maximum absolute atomic E-state index is 11.7. The lowest BCUT2D eigenvalue weighted by atomic mass is 10.0. The number of anilines is 1. The van der Waals surface area contributed by atoms with Crippen LogP contribution in [0.4, 0.5) is 10.5 Å². The SMILES string of the molecule is O=C(O)N1c2cc(Br)cnc2OCC1Cc1ccccc1. The summed E-state index contributed by atoms with van der Waals surface area (Å²) < 4.78 is 6.33. The summed E-state index contributed by atoms with van der Waals surface area (Å²) >= 11 is 3.32. The van der Waals surface area contributed by atoms with E-state index < -0.39 is 6.09 Å². The van der Waals surface area contributed by atoms with Crippen LogP contribution >= 0.6 is 15.9 Å². The molecule has 108 valence electrons. The Kier molecular flexibility index (Phi) is 3.79. The van der Waals surface area contributed by atoms with E-state index in [2.05, 4.69) is 20.9 Å². The topological polar surface area (TPSA) is 62.7 Å². The maximum Gasteiger partial charge on any atom is 0.412 e. The van der Waals surface area contributed by atoms with Gasteiger partial charge in [-0.1, -0.05) is 30.3 Å². The fraction of sp³-hybridized carbons (Fsp3) is 0.200. The Morgan fingerprint density at radius 1 is 1.43 bits per heavy atom. The second kappa shape index (κ2) is 5.73. The Morgan fingerprint density at radius 3 is 2.90 bits per heavy atom. The summed E-state index contributed by atoms with van der Waals surface area (Å²) in [5.41, 5.74) is 1.55. The largest absolute Gasteiger partial charge is 0.474 e. The van der Waals surface area contributed by atoms with Crippen molar-refractivity contribution in [1.82, 2.24) is 4.98 Å². The van der Waals surface area contributed by atoms with E-state index in [0.29, 0.717) is 24.6 Å². The number of pyridine rings is 1. The Labute approximate surface area is 130 Å². The minimum Gasteiger partial charge on any atom is -0.474 e. The number of hydrogen-bond donors (Lipinski definition) is 1. The van der Waals surface area contributed by atoms with Crippen LogP contribution in [0.1, 0.15) is 5.56 Å². The zero-order valence-electron chi connectivity index (χ0n) is 11.1. The monoisotopic (exact) mass is 348 g/mol. The normalized spacial score (nSPS) is 17.0. The summed E-state index contributed by atoms with van der Waals surface area (Å²) in [6.45, 7) is 0.294. The quantitative estimate of drug-likeness (QED) is 0.903. The first kappa shape index (κ1) is 13.9. The molecule has 6 heteroatoms. The van der Waals surface area contributed by atoms with Gasteiger partial charge in [-0.25, -0.2) is 9.78 Å². The molecule has 0 saturated carbocycles. The molecule has 0 radical (unpaired) electrons. The zero-order chi connectivity index (χ0) is 14.8. The van der Waals surface area contributed by atoms with E-state index in [-0.39, 0.29) is 6.04 Å². The molecular weight excluding hydrogens is 336 g/mol. The minimum atomic E-state index is -1.000. The van der Waals surface area contributed by atoms with E-state index in [9.17, 15) is 9.90 Å². The van der Waals surface area contributed by atoms with Gasteiger partial charge in [-0.2, -0.15) is 0 Å². The fourth-order valence-corrected chi connectivity index (χ4v) is 2.76. The number of amides is 1. The van der Waals surface area contributed by atoms with Crippen molar-refractivity contribution in [2.75, 3.05) is 11.5 Å². The van der Waals surface area contributed by atoms with Crippen LogP contribution in [0.5, 0.6) is 5.88 Å². The highest BCUT2D eigenvalue weighted by Crippen LogP contribution is 2.34. The van der Waals surface area contributed by atoms with Gasteiger partial charge in [0.2, 0.25) is 5.88 Å². The molecule has 1 atom stereocenters. The number of rotatable bonds is 2. The highest BCUT2D eigenvalue weighted by Gasteiger charge is 2.33. The van der Waals surface area contributed by atoms with Crippen LogP contribution in [0.25, 0.3) is 0 Å². The first-order chi connectivity index (χ1) is 10.1. The summed E-state index contributed by atoms with van der Waals surface area (Å²) in [5, 5.41) is 9.55. The third-order valence-corrected chi connectivity index (χ3v) is 3.79. The van der Waals surface area contributed by atoms with Crippen molar-refractivity contribution in [2.24, 2.45) is 0 Å². The van der Waals surface area contributed by atoms with E-state index >= 15 is 0 Å². The van der Waals surface area contributed by atoms with Crippen molar-refractivity contribution in [2.45, 2.75) is 12.5 Å². The standard InChI is InChI=1S/C15H13BrN2O3/c16-11-7-13-14(17-8-11)21-9-12(18(13)15(19)20)6-10-4-2-1-3-5-10/h1-5,7-8,12H,6,9H2,(H,19,20). The molecule has 0 fully saturated rings. The van der Waals surface area contributed by atoms with E-state index in [0.717, 1.165) is 10.0 Å². The van der Waals surface area contributed by atoms with Gasteiger partial charge in [-0.15, -0.1) is 0 Å². The van der Waals surface area contributed by atoms with Crippen LogP contribution in [0.3, 0.4) is 0 Å². The summed E-state index contributed by atoms with van der Waals surface area (Å²) in [4.78, 5) is 17.1. The van der Waals surface area contributed by atoms with E-state index in [4.69, 9.17) is 4.74 Å². The van der Waals surface area contributed by atoms with Crippen LogP contribution in [0.2, 0.25) is 0 Å². The van der Waals surface area contributed by atoms with E-state index in [1.165, 1.54) is 4.90 Å². The molecular formula is C15H13BrN2O3. The summed E-state index contributed by atoms with van der Waals surface area (Å²) in [6.07, 6.45) is 1.19. The van der Waals surface area contributed by atoms with Crippen molar-refractivity contribution in [3.8, 4) is 5.88 Å². The number of nitrogens with zero attached hydrogens (tertiary/aromatic N) is 2. The maximum atomic E-state index is 11.7. The van der Waals surface area contributed by atoms with Gasteiger partial charge in [-0.05, 0) is 34.0 Å². The number of carboxylic acid groups (broad SMARTS) is 1. The van der Waals surface area contributed by atoms with Gasteiger partial charge in [-0.3, -0.25) is 4.90 Å². The fourth-order valence-electron chi connectivity index (χ4n) is 2.44. The highest BCUT2D eigenvalue weighted by molar-refractivity contribution is 9.10. The van der Waals surface area contributed by atoms with Gasteiger partial charge >= 0.3 is 6.09 Å². The summed E-state index contributed by atoms with van der Waals surface area (Å²) in [7, 11) is 0. The Bertz CT molecular complexity index is 663. The number of ether oxygens (including phenoxy) is 1. The van der Waals surface area contributed by atoms with Crippen LogP contribution in [0, 0.1) is 0 Å². The first-order valence-corrected chi connectivity index (χ1v) is 7.29. The van der Waals surface area contributed by atoms with E-state index in [1.807, 2.05) is 30.3 Å². The molecule has 1 aliphatic heterocycles. The number of halogens is 1. The van der Waals surface area contributed by atoms with Gasteiger partial charge in [0.05, 0.1) is 6.04 Å². The first-order valence-electron chi connectivity index (χ1n) is 6.49. The molecule has 2 heterocycles. The second-order valence-electron chi connectivity index (χ2n) is 4.78. The molecule has 0 spiro atoms. The molecule has 0 bridgehead atoms. The predicted molar refractivity (Wildman–Crippen MR) is 81.9 cm³/mol. The van der Waals surface area contributed by atoms with Crippen LogP contribution in [-0.4, -0.2) is 28.8 Å². The molecule has 1 aromatic carbocycles. The molecule has 1 amide bonds. The number of carbonyl (C=O) groups is 1.